The van der Waals surface area contributed by atoms with Gasteiger partial charge in [0.15, 0.2) is 0 Å². The number of nitrogens with one attached hydrogen (secondary N) is 1. The molecule has 2 N–H and O–H groups in total. The van der Waals surface area contributed by atoms with Crippen LogP contribution in [0.5, 0.6) is 0 Å². The van der Waals surface area contributed by atoms with E-state index >= 15 is 0 Å². The van der Waals surface area contributed by atoms with E-state index in [1.165, 1.54) is 0 Å². The van der Waals surface area contributed by atoms with Crippen LogP contribution in [0.4, 0.5) is 0 Å². The average molecular weight is 293 g/mol. The van der Waals surface area contributed by atoms with E-state index in [4.69, 9.17) is 0 Å². The molecule has 2 aromatic heterocycles. The summed E-state index contributed by atoms with van der Waals surface area (Å²) in [5, 5.41) is 15.0. The summed E-state index contributed by atoms with van der Waals surface area (Å²) >= 11 is 1.58. The van der Waals surface area contributed by atoms with Gasteiger partial charge >= 0.3 is 0 Å². The van der Waals surface area contributed by atoms with E-state index in [0.29, 0.717) is 5.69 Å². The quantitative estimate of drug-likeness (QED) is 0.905. The first-order chi connectivity index (χ1) is 9.32. The molecule has 5 nitrogen and oxygen atoms in total. The van der Waals surface area contributed by atoms with E-state index in [2.05, 4.69) is 10.3 Å². The summed E-state index contributed by atoms with van der Waals surface area (Å²) in [6.07, 6.45) is 1.88. The molecule has 0 saturated heterocycles. The van der Waals surface area contributed by atoms with Crippen molar-refractivity contribution in [3.63, 3.8) is 0 Å². The zero-order valence-corrected chi connectivity index (χ0v) is 12.9. The molecular formula is C14H19N3O2S. The van der Waals surface area contributed by atoms with Crippen molar-refractivity contribution in [2.24, 2.45) is 7.05 Å². The number of thiazole rings is 1. The molecule has 0 radical (unpaired) electrons. The highest BCUT2D eigenvalue weighted by Crippen LogP contribution is 2.23. The molecule has 108 valence electrons. The molecule has 0 fully saturated rings. The molecule has 0 saturated carbocycles. The van der Waals surface area contributed by atoms with Crippen LogP contribution < -0.4 is 5.32 Å². The Kier molecular flexibility index (Phi) is 3.96. The normalized spacial score (nSPS) is 11.7. The van der Waals surface area contributed by atoms with Gasteiger partial charge in [0.1, 0.15) is 5.69 Å². The molecule has 0 aliphatic carbocycles. The van der Waals surface area contributed by atoms with Gasteiger partial charge in [0.2, 0.25) is 0 Å². The molecular weight excluding hydrogens is 274 g/mol. The van der Waals surface area contributed by atoms with Crippen LogP contribution in [-0.2, 0) is 7.05 Å². The second kappa shape index (κ2) is 5.38. The molecule has 0 unspecified atom stereocenters. The lowest BCUT2D eigenvalue weighted by molar-refractivity contribution is 0.0861. The zero-order chi connectivity index (χ0) is 14.9. The van der Waals surface area contributed by atoms with Crippen LogP contribution in [0.25, 0.3) is 11.3 Å². The van der Waals surface area contributed by atoms with Crippen LogP contribution in [0.15, 0.2) is 17.6 Å². The van der Waals surface area contributed by atoms with Crippen molar-refractivity contribution in [2.45, 2.75) is 26.3 Å². The Morgan fingerprint density at radius 2 is 2.25 bits per heavy atom. The predicted molar refractivity (Wildman–Crippen MR) is 79.9 cm³/mol. The van der Waals surface area contributed by atoms with Gasteiger partial charge in [-0.2, -0.15) is 0 Å². The minimum absolute atomic E-state index is 0.110. The van der Waals surface area contributed by atoms with E-state index in [0.717, 1.165) is 16.3 Å². The first-order valence-corrected chi connectivity index (χ1v) is 7.22. The summed E-state index contributed by atoms with van der Waals surface area (Å²) in [6, 6.07) is 1.82. The maximum absolute atomic E-state index is 12.2. The number of aliphatic hydroxyl groups excluding tert-OH is 1. The fraction of sp³-hybridized carbons (Fsp3) is 0.429. The Labute approximate surface area is 122 Å². The number of amides is 1. The zero-order valence-electron chi connectivity index (χ0n) is 12.1. The van der Waals surface area contributed by atoms with Gasteiger partial charge < -0.3 is 15.0 Å². The van der Waals surface area contributed by atoms with Crippen LogP contribution in [0, 0.1) is 6.92 Å². The van der Waals surface area contributed by atoms with Crippen LogP contribution in [0.3, 0.4) is 0 Å². The summed E-state index contributed by atoms with van der Waals surface area (Å²) < 4.78 is 1.77. The standard InChI is InChI=1S/C14H19N3O2S/c1-9-15-11(7-20-9)10-5-12(17(4)6-10)13(19)16-14(2,3)8-18/h5-7,18H,8H2,1-4H3,(H,16,19). The minimum atomic E-state index is -0.640. The molecule has 0 bridgehead atoms. The Bertz CT molecular complexity index is 628. The van der Waals surface area contributed by atoms with Crippen LogP contribution >= 0.6 is 11.3 Å². The second-order valence-electron chi connectivity index (χ2n) is 5.47. The molecule has 1 amide bonds. The third-order valence-electron chi connectivity index (χ3n) is 3.00. The van der Waals surface area contributed by atoms with Gasteiger partial charge in [-0.1, -0.05) is 0 Å². The Balaban J connectivity index is 2.26. The SMILES string of the molecule is Cc1nc(-c2cc(C(=O)NC(C)(C)CO)n(C)c2)cs1. The second-order valence-corrected chi connectivity index (χ2v) is 6.54. The average Bonchev–Trinajstić information content (AvgIpc) is 2.95. The summed E-state index contributed by atoms with van der Waals surface area (Å²) in [5.74, 6) is -0.204. The van der Waals surface area contributed by atoms with Gasteiger partial charge in [0.25, 0.3) is 5.91 Å². The largest absolute Gasteiger partial charge is 0.394 e. The van der Waals surface area contributed by atoms with E-state index in [9.17, 15) is 9.90 Å². The maximum atomic E-state index is 12.2. The Morgan fingerprint density at radius 1 is 1.55 bits per heavy atom. The number of hydrogen-bond acceptors (Lipinski definition) is 4. The topological polar surface area (TPSA) is 67.2 Å². The van der Waals surface area contributed by atoms with Crippen LogP contribution in [0.2, 0.25) is 0 Å². The molecule has 6 heteroatoms. The van der Waals surface area contributed by atoms with Crippen molar-refractivity contribution in [1.29, 1.82) is 0 Å². The number of carbonyl (C=O) groups is 1. The third-order valence-corrected chi connectivity index (χ3v) is 3.77. The van der Waals surface area contributed by atoms with Crippen molar-refractivity contribution < 1.29 is 9.90 Å². The summed E-state index contributed by atoms with van der Waals surface area (Å²) in [4.78, 5) is 16.6. The number of carbonyl (C=O) groups excluding carboxylic acids is 1. The maximum Gasteiger partial charge on any atom is 0.268 e. The molecule has 0 spiro atoms. The number of aryl methyl sites for hydroxylation is 2. The van der Waals surface area contributed by atoms with E-state index in [1.54, 1.807) is 29.8 Å². The number of aromatic nitrogens is 2. The molecule has 0 atom stereocenters. The van der Waals surface area contributed by atoms with E-state index in [1.807, 2.05) is 31.6 Å². The van der Waals surface area contributed by atoms with E-state index < -0.39 is 5.54 Å². The lowest BCUT2D eigenvalue weighted by Gasteiger charge is -2.23. The molecule has 2 heterocycles. The monoisotopic (exact) mass is 293 g/mol. The number of rotatable bonds is 4. The molecule has 0 aliphatic heterocycles. The van der Waals surface area contributed by atoms with Crippen LogP contribution in [0.1, 0.15) is 29.3 Å². The fourth-order valence-corrected chi connectivity index (χ4v) is 2.46. The van der Waals surface area contributed by atoms with Gasteiger partial charge in [0.05, 0.1) is 22.8 Å². The number of hydrogen-bond donors (Lipinski definition) is 2. The molecule has 20 heavy (non-hydrogen) atoms. The third kappa shape index (κ3) is 3.08. The molecule has 2 aromatic rings. The van der Waals surface area contributed by atoms with Crippen molar-refractivity contribution in [1.82, 2.24) is 14.9 Å². The lowest BCUT2D eigenvalue weighted by Crippen LogP contribution is -2.46. The Morgan fingerprint density at radius 3 is 2.80 bits per heavy atom. The van der Waals surface area contributed by atoms with Gasteiger partial charge in [-0.25, -0.2) is 4.98 Å². The summed E-state index contributed by atoms with van der Waals surface area (Å²) in [6.45, 7) is 5.40. The number of nitrogens with zero attached hydrogens (tertiary/aromatic N) is 2. The fourth-order valence-electron chi connectivity index (χ4n) is 1.84. The predicted octanol–water partition coefficient (Wildman–Crippen LogP) is 1.96. The first-order valence-electron chi connectivity index (χ1n) is 6.34. The first kappa shape index (κ1) is 14.7. The highest BCUT2D eigenvalue weighted by atomic mass is 32.1. The Hall–Kier alpha value is -1.66. The number of aliphatic hydroxyl groups is 1. The molecule has 2 rings (SSSR count). The highest BCUT2D eigenvalue weighted by molar-refractivity contribution is 7.09. The minimum Gasteiger partial charge on any atom is -0.394 e. The van der Waals surface area contributed by atoms with Crippen molar-refractivity contribution >= 4 is 17.2 Å². The van der Waals surface area contributed by atoms with Crippen molar-refractivity contribution in [3.8, 4) is 11.3 Å². The summed E-state index contributed by atoms with van der Waals surface area (Å²) in [7, 11) is 1.82. The van der Waals surface area contributed by atoms with Gasteiger partial charge in [-0.05, 0) is 26.8 Å². The lowest BCUT2D eigenvalue weighted by atomic mass is 10.1. The van der Waals surface area contributed by atoms with Gasteiger partial charge in [0, 0.05) is 24.2 Å². The van der Waals surface area contributed by atoms with Crippen LogP contribution in [-0.4, -0.2) is 32.7 Å². The van der Waals surface area contributed by atoms with Crippen molar-refractivity contribution in [2.75, 3.05) is 6.61 Å². The smallest absolute Gasteiger partial charge is 0.268 e. The van der Waals surface area contributed by atoms with Gasteiger partial charge in [-0.15, -0.1) is 11.3 Å². The van der Waals surface area contributed by atoms with Crippen molar-refractivity contribution in [3.05, 3.63) is 28.3 Å². The van der Waals surface area contributed by atoms with Gasteiger partial charge in [-0.3, -0.25) is 4.79 Å². The molecule has 0 aliphatic rings. The van der Waals surface area contributed by atoms with E-state index in [-0.39, 0.29) is 12.5 Å². The molecule has 0 aromatic carbocycles. The summed E-state index contributed by atoms with van der Waals surface area (Å²) in [5.41, 5.74) is 1.71. The highest BCUT2D eigenvalue weighted by Gasteiger charge is 2.22.